The molecule has 0 aliphatic rings. The quantitative estimate of drug-likeness (QED) is 0.795. The molecular formula is C13H22N2. The van der Waals surface area contributed by atoms with Crippen LogP contribution in [0.4, 0.5) is 0 Å². The van der Waals surface area contributed by atoms with E-state index in [0.29, 0.717) is 12.1 Å². The largest absolute Gasteiger partial charge is 0.313 e. The molecule has 84 valence electrons. The summed E-state index contributed by atoms with van der Waals surface area (Å²) in [6.07, 6.45) is 0. The minimum atomic E-state index is 0.452. The van der Waals surface area contributed by atoms with Gasteiger partial charge in [0.1, 0.15) is 0 Å². The van der Waals surface area contributed by atoms with Crippen molar-refractivity contribution in [3.63, 3.8) is 0 Å². The third-order valence-electron chi connectivity index (χ3n) is 2.53. The van der Waals surface area contributed by atoms with Crippen molar-refractivity contribution in [2.45, 2.75) is 25.9 Å². The molecule has 15 heavy (non-hydrogen) atoms. The molecular weight excluding hydrogens is 184 g/mol. The van der Waals surface area contributed by atoms with Gasteiger partial charge in [0.05, 0.1) is 0 Å². The Hall–Kier alpha value is -0.860. The fourth-order valence-electron chi connectivity index (χ4n) is 1.62. The zero-order valence-corrected chi connectivity index (χ0v) is 10.2. The zero-order valence-electron chi connectivity index (χ0n) is 10.2. The van der Waals surface area contributed by atoms with Gasteiger partial charge >= 0.3 is 0 Å². The lowest BCUT2D eigenvalue weighted by Crippen LogP contribution is -2.34. The van der Waals surface area contributed by atoms with E-state index >= 15 is 0 Å². The Bertz CT molecular complexity index is 267. The average Bonchev–Trinajstić information content (AvgIpc) is 2.18. The van der Waals surface area contributed by atoms with E-state index in [1.165, 1.54) is 5.56 Å². The highest BCUT2D eigenvalue weighted by atomic mass is 15.1. The number of rotatable bonds is 5. The normalized spacial score (nSPS) is 13.5. The Morgan fingerprint density at radius 3 is 2.20 bits per heavy atom. The van der Waals surface area contributed by atoms with Gasteiger partial charge in [-0.2, -0.15) is 0 Å². The molecule has 0 radical (unpaired) electrons. The van der Waals surface area contributed by atoms with E-state index < -0.39 is 0 Å². The number of hydrogen-bond donors (Lipinski definition) is 1. The molecule has 0 aromatic heterocycles. The zero-order chi connectivity index (χ0) is 11.3. The van der Waals surface area contributed by atoms with Crippen LogP contribution in [0.5, 0.6) is 0 Å². The van der Waals surface area contributed by atoms with Gasteiger partial charge < -0.3 is 10.2 Å². The van der Waals surface area contributed by atoms with E-state index in [9.17, 15) is 0 Å². The van der Waals surface area contributed by atoms with Crippen molar-refractivity contribution < 1.29 is 0 Å². The number of likely N-dealkylation sites (N-methyl/N-ethyl adjacent to an activating group) is 1. The van der Waals surface area contributed by atoms with E-state index in [0.717, 1.165) is 6.54 Å². The summed E-state index contributed by atoms with van der Waals surface area (Å²) in [7, 11) is 4.25. The van der Waals surface area contributed by atoms with Gasteiger partial charge in [0, 0.05) is 18.6 Å². The summed E-state index contributed by atoms with van der Waals surface area (Å²) in [6.45, 7) is 5.35. The topological polar surface area (TPSA) is 15.3 Å². The van der Waals surface area contributed by atoms with Crippen molar-refractivity contribution in [2.24, 2.45) is 0 Å². The van der Waals surface area contributed by atoms with Crippen LogP contribution >= 0.6 is 0 Å². The van der Waals surface area contributed by atoms with Gasteiger partial charge in [0.2, 0.25) is 0 Å². The van der Waals surface area contributed by atoms with Gasteiger partial charge in [-0.05, 0) is 19.7 Å². The van der Waals surface area contributed by atoms with E-state index in [-0.39, 0.29) is 0 Å². The predicted molar refractivity (Wildman–Crippen MR) is 66.0 cm³/mol. The lowest BCUT2D eigenvalue weighted by atomic mass is 10.1. The smallest absolute Gasteiger partial charge is 0.0466 e. The molecule has 1 aromatic carbocycles. The molecule has 0 aliphatic carbocycles. The molecule has 1 rings (SSSR count). The second-order valence-corrected chi connectivity index (χ2v) is 4.45. The Morgan fingerprint density at radius 2 is 1.73 bits per heavy atom. The summed E-state index contributed by atoms with van der Waals surface area (Å²) >= 11 is 0. The molecule has 0 aliphatic heterocycles. The Balaban J connectivity index is 2.66. The van der Waals surface area contributed by atoms with Crippen molar-refractivity contribution in [1.29, 1.82) is 0 Å². The highest BCUT2D eigenvalue weighted by Crippen LogP contribution is 2.16. The van der Waals surface area contributed by atoms with Crippen molar-refractivity contribution in [3.05, 3.63) is 35.9 Å². The van der Waals surface area contributed by atoms with Crippen LogP contribution in [0.2, 0.25) is 0 Å². The average molecular weight is 206 g/mol. The number of nitrogens with one attached hydrogen (secondary N) is 1. The maximum Gasteiger partial charge on any atom is 0.0466 e. The van der Waals surface area contributed by atoms with Crippen molar-refractivity contribution in [1.82, 2.24) is 10.2 Å². The first-order chi connectivity index (χ1) is 7.11. The molecule has 0 bridgehead atoms. The van der Waals surface area contributed by atoms with Crippen molar-refractivity contribution in [3.8, 4) is 0 Å². The Kier molecular flexibility index (Phi) is 4.79. The molecule has 1 aromatic rings. The van der Waals surface area contributed by atoms with Gasteiger partial charge in [-0.3, -0.25) is 0 Å². The highest BCUT2D eigenvalue weighted by Gasteiger charge is 2.13. The molecule has 0 saturated heterocycles. The summed E-state index contributed by atoms with van der Waals surface area (Å²) in [5.41, 5.74) is 1.37. The molecule has 2 heteroatoms. The molecule has 0 unspecified atom stereocenters. The second kappa shape index (κ2) is 5.89. The lowest BCUT2D eigenvalue weighted by Gasteiger charge is -2.26. The predicted octanol–water partition coefficient (Wildman–Crippen LogP) is 2.29. The first kappa shape index (κ1) is 12.2. The second-order valence-electron chi connectivity index (χ2n) is 4.45. The summed E-state index contributed by atoms with van der Waals surface area (Å²) in [6, 6.07) is 11.6. The highest BCUT2D eigenvalue weighted by molar-refractivity contribution is 5.19. The maximum absolute atomic E-state index is 3.48. The van der Waals surface area contributed by atoms with Crippen LogP contribution in [0.25, 0.3) is 0 Å². The third kappa shape index (κ3) is 4.02. The summed E-state index contributed by atoms with van der Waals surface area (Å²) in [4.78, 5) is 2.25. The lowest BCUT2D eigenvalue weighted by molar-refractivity contribution is 0.283. The molecule has 0 amide bonds. The summed E-state index contributed by atoms with van der Waals surface area (Å²) in [5.74, 6) is 0. The van der Waals surface area contributed by atoms with Crippen molar-refractivity contribution in [2.75, 3.05) is 20.6 Å². The van der Waals surface area contributed by atoms with Crippen LogP contribution in [0.3, 0.4) is 0 Å². The first-order valence-electron chi connectivity index (χ1n) is 5.56. The summed E-state index contributed by atoms with van der Waals surface area (Å²) < 4.78 is 0. The standard InChI is InChI=1S/C13H22N2/c1-11(2)14-10-13(15(3)4)12-8-6-5-7-9-12/h5-9,11,13-14H,10H2,1-4H3/t13-/m1/s1. The number of benzene rings is 1. The molecule has 0 fully saturated rings. The van der Waals surface area contributed by atoms with Crippen LogP contribution in [0.1, 0.15) is 25.5 Å². The van der Waals surface area contributed by atoms with Crippen LogP contribution in [0, 0.1) is 0 Å². The number of hydrogen-bond acceptors (Lipinski definition) is 2. The molecule has 1 atom stereocenters. The van der Waals surface area contributed by atoms with Gasteiger partial charge in [0.25, 0.3) is 0 Å². The Labute approximate surface area is 93.3 Å². The molecule has 1 N–H and O–H groups in total. The van der Waals surface area contributed by atoms with Gasteiger partial charge in [0.15, 0.2) is 0 Å². The van der Waals surface area contributed by atoms with E-state index in [4.69, 9.17) is 0 Å². The SMILES string of the molecule is CC(C)NC[C@H](c1ccccc1)N(C)C. The summed E-state index contributed by atoms with van der Waals surface area (Å²) in [5, 5.41) is 3.48. The fourth-order valence-corrected chi connectivity index (χ4v) is 1.62. The maximum atomic E-state index is 3.48. The van der Waals surface area contributed by atoms with Gasteiger partial charge in [-0.25, -0.2) is 0 Å². The van der Waals surface area contributed by atoms with Crippen LogP contribution in [0.15, 0.2) is 30.3 Å². The molecule has 2 nitrogen and oxygen atoms in total. The van der Waals surface area contributed by atoms with E-state index in [1.807, 2.05) is 0 Å². The van der Waals surface area contributed by atoms with E-state index in [1.54, 1.807) is 0 Å². The molecule has 0 spiro atoms. The Morgan fingerprint density at radius 1 is 1.13 bits per heavy atom. The fraction of sp³-hybridized carbons (Fsp3) is 0.538. The molecule has 0 saturated carbocycles. The molecule has 0 heterocycles. The van der Waals surface area contributed by atoms with Gasteiger partial charge in [-0.15, -0.1) is 0 Å². The van der Waals surface area contributed by atoms with Gasteiger partial charge in [-0.1, -0.05) is 44.2 Å². The third-order valence-corrected chi connectivity index (χ3v) is 2.53. The van der Waals surface area contributed by atoms with E-state index in [2.05, 4.69) is 68.5 Å². The van der Waals surface area contributed by atoms with Crippen LogP contribution in [-0.4, -0.2) is 31.6 Å². The van der Waals surface area contributed by atoms with Crippen LogP contribution in [-0.2, 0) is 0 Å². The minimum Gasteiger partial charge on any atom is -0.313 e. The first-order valence-corrected chi connectivity index (χ1v) is 5.56. The van der Waals surface area contributed by atoms with Crippen molar-refractivity contribution >= 4 is 0 Å². The van der Waals surface area contributed by atoms with Crippen LogP contribution < -0.4 is 5.32 Å². The monoisotopic (exact) mass is 206 g/mol. The number of nitrogens with zero attached hydrogens (tertiary/aromatic N) is 1. The minimum absolute atomic E-state index is 0.452.